The molecule has 0 radical (unpaired) electrons. The number of guanidine groups is 1. The van der Waals surface area contributed by atoms with Crippen molar-refractivity contribution in [3.8, 4) is 5.75 Å². The molecule has 0 aliphatic carbocycles. The monoisotopic (exact) mass is 386 g/mol. The summed E-state index contributed by atoms with van der Waals surface area (Å²) in [6.45, 7) is 5.19. The molecule has 2 N–H and O–H groups in total. The number of ether oxygens (including phenoxy) is 1. The Kier molecular flexibility index (Phi) is 7.77. The second-order valence-electron chi connectivity index (χ2n) is 7.02. The molecule has 1 aliphatic heterocycles. The van der Waals surface area contributed by atoms with Gasteiger partial charge in [-0.25, -0.2) is 0 Å². The molecule has 1 unspecified atom stereocenters. The van der Waals surface area contributed by atoms with Crippen molar-refractivity contribution in [1.29, 1.82) is 0 Å². The minimum Gasteiger partial charge on any atom is -0.491 e. The van der Waals surface area contributed by atoms with Crippen LogP contribution >= 0.6 is 0 Å². The predicted octanol–water partition coefficient (Wildman–Crippen LogP) is 2.99. The van der Waals surface area contributed by atoms with Gasteiger partial charge in [-0.3, -0.25) is 9.89 Å². The molecule has 0 saturated carbocycles. The van der Waals surface area contributed by atoms with Crippen molar-refractivity contribution in [2.75, 3.05) is 39.8 Å². The minimum absolute atomic E-state index is 0.0406. The molecule has 27 heavy (non-hydrogen) atoms. The summed E-state index contributed by atoms with van der Waals surface area (Å²) in [5.74, 6) is 1.83. The van der Waals surface area contributed by atoms with E-state index in [0.29, 0.717) is 44.5 Å². The fraction of sp³-hybridized carbons (Fsp3) is 0.632. The Morgan fingerprint density at radius 3 is 2.74 bits per heavy atom. The van der Waals surface area contributed by atoms with E-state index in [4.69, 9.17) is 4.74 Å². The maximum absolute atomic E-state index is 12.5. The van der Waals surface area contributed by atoms with Gasteiger partial charge in [-0.1, -0.05) is 32.0 Å². The summed E-state index contributed by atoms with van der Waals surface area (Å²) in [6.07, 6.45) is -3.49. The van der Waals surface area contributed by atoms with Gasteiger partial charge in [-0.15, -0.1) is 0 Å². The summed E-state index contributed by atoms with van der Waals surface area (Å²) in [6, 6.07) is 7.91. The summed E-state index contributed by atoms with van der Waals surface area (Å²) in [5, 5.41) is 6.34. The van der Waals surface area contributed by atoms with Crippen molar-refractivity contribution in [1.82, 2.24) is 15.5 Å². The van der Waals surface area contributed by atoms with Crippen LogP contribution in [0.15, 0.2) is 29.3 Å². The van der Waals surface area contributed by atoms with E-state index < -0.39 is 12.7 Å². The van der Waals surface area contributed by atoms with E-state index in [1.165, 1.54) is 4.90 Å². The summed E-state index contributed by atoms with van der Waals surface area (Å²) in [5.41, 5.74) is 1.16. The number of likely N-dealkylation sites (tertiary alicyclic amines) is 1. The van der Waals surface area contributed by atoms with Crippen LogP contribution in [0.3, 0.4) is 0 Å². The zero-order valence-electron chi connectivity index (χ0n) is 16.1. The fourth-order valence-electron chi connectivity index (χ4n) is 3.15. The van der Waals surface area contributed by atoms with Crippen molar-refractivity contribution >= 4 is 5.96 Å². The number of alkyl halides is 3. The summed E-state index contributed by atoms with van der Waals surface area (Å²) < 4.78 is 43.3. The third-order valence-corrected chi connectivity index (χ3v) is 4.43. The topological polar surface area (TPSA) is 48.9 Å². The molecule has 1 atom stereocenters. The van der Waals surface area contributed by atoms with Crippen LogP contribution in [0.1, 0.15) is 31.7 Å². The zero-order chi connectivity index (χ0) is 19.9. The molecule has 2 rings (SSSR count). The maximum Gasteiger partial charge on any atom is 0.401 e. The highest BCUT2D eigenvalue weighted by Crippen LogP contribution is 2.25. The number of halogens is 3. The van der Waals surface area contributed by atoms with Crippen LogP contribution in [-0.4, -0.2) is 62.9 Å². The fourth-order valence-corrected chi connectivity index (χ4v) is 3.15. The van der Waals surface area contributed by atoms with Crippen LogP contribution in [0, 0.1) is 0 Å². The highest BCUT2D eigenvalue weighted by atomic mass is 19.4. The second-order valence-corrected chi connectivity index (χ2v) is 7.02. The Labute approximate surface area is 159 Å². The van der Waals surface area contributed by atoms with E-state index in [2.05, 4.69) is 35.5 Å². The Bertz CT molecular complexity index is 619. The molecule has 1 heterocycles. The van der Waals surface area contributed by atoms with Gasteiger partial charge in [0.05, 0.1) is 13.1 Å². The Morgan fingerprint density at radius 1 is 1.33 bits per heavy atom. The molecular formula is C19H29F3N4O. The van der Waals surface area contributed by atoms with Crippen LogP contribution < -0.4 is 15.4 Å². The number of nitrogens with one attached hydrogen (secondary N) is 2. The van der Waals surface area contributed by atoms with Gasteiger partial charge in [0.15, 0.2) is 5.96 Å². The van der Waals surface area contributed by atoms with E-state index in [9.17, 15) is 13.2 Å². The smallest absolute Gasteiger partial charge is 0.401 e. The zero-order valence-corrected chi connectivity index (χ0v) is 16.1. The van der Waals surface area contributed by atoms with Gasteiger partial charge in [-0.2, -0.15) is 13.2 Å². The van der Waals surface area contributed by atoms with Gasteiger partial charge < -0.3 is 15.4 Å². The maximum atomic E-state index is 12.5. The van der Waals surface area contributed by atoms with Gasteiger partial charge in [0, 0.05) is 26.2 Å². The summed E-state index contributed by atoms with van der Waals surface area (Å²) >= 11 is 0. The first-order valence-corrected chi connectivity index (χ1v) is 9.26. The molecule has 0 spiro atoms. The van der Waals surface area contributed by atoms with Crippen molar-refractivity contribution in [3.05, 3.63) is 29.8 Å². The minimum atomic E-state index is -4.15. The lowest BCUT2D eigenvalue weighted by Crippen LogP contribution is -2.46. The predicted molar refractivity (Wildman–Crippen MR) is 101 cm³/mol. The molecular weight excluding hydrogens is 357 g/mol. The lowest BCUT2D eigenvalue weighted by atomic mass is 10.0. The van der Waals surface area contributed by atoms with E-state index in [-0.39, 0.29) is 6.04 Å². The standard InChI is InChI=1S/C19H29F3N4O/c1-14(2)16-6-4-5-7-17(16)27-11-9-24-18(23-3)25-15-8-10-26(12-15)13-19(20,21)22/h4-7,14-15H,8-13H2,1-3H3,(H2,23,24,25). The molecule has 152 valence electrons. The van der Waals surface area contributed by atoms with Crippen molar-refractivity contribution in [2.24, 2.45) is 4.99 Å². The highest BCUT2D eigenvalue weighted by Gasteiger charge is 2.34. The number of hydrogen-bond donors (Lipinski definition) is 2. The van der Waals surface area contributed by atoms with Gasteiger partial charge >= 0.3 is 6.18 Å². The van der Waals surface area contributed by atoms with E-state index in [1.54, 1.807) is 7.05 Å². The van der Waals surface area contributed by atoms with Crippen molar-refractivity contribution in [2.45, 2.75) is 38.4 Å². The number of nitrogens with zero attached hydrogens (tertiary/aromatic N) is 2. The average molecular weight is 386 g/mol. The lowest BCUT2D eigenvalue weighted by Gasteiger charge is -2.20. The number of rotatable bonds is 7. The van der Waals surface area contributed by atoms with E-state index in [1.807, 2.05) is 18.2 Å². The van der Waals surface area contributed by atoms with Crippen LogP contribution in [0.25, 0.3) is 0 Å². The third kappa shape index (κ3) is 7.28. The van der Waals surface area contributed by atoms with Gasteiger partial charge in [0.2, 0.25) is 0 Å². The SMILES string of the molecule is CN=C(NCCOc1ccccc1C(C)C)NC1CCN(CC(F)(F)F)C1. The highest BCUT2D eigenvalue weighted by molar-refractivity contribution is 5.80. The average Bonchev–Trinajstić information content (AvgIpc) is 3.02. The molecule has 1 aliphatic rings. The molecule has 8 heteroatoms. The van der Waals surface area contributed by atoms with Crippen LogP contribution in [0.4, 0.5) is 13.2 Å². The molecule has 1 saturated heterocycles. The number of para-hydroxylation sites is 1. The largest absolute Gasteiger partial charge is 0.491 e. The van der Waals surface area contributed by atoms with Crippen LogP contribution in [0.5, 0.6) is 5.75 Å². The van der Waals surface area contributed by atoms with Crippen molar-refractivity contribution < 1.29 is 17.9 Å². The van der Waals surface area contributed by atoms with E-state index in [0.717, 1.165) is 11.3 Å². The Balaban J connectivity index is 1.72. The molecule has 1 aromatic carbocycles. The first-order chi connectivity index (χ1) is 12.8. The molecule has 0 bridgehead atoms. The second kappa shape index (κ2) is 9.82. The summed E-state index contributed by atoms with van der Waals surface area (Å²) in [4.78, 5) is 5.55. The van der Waals surface area contributed by atoms with Gasteiger partial charge in [-0.05, 0) is 24.0 Å². The number of aliphatic imine (C=N–C) groups is 1. The van der Waals surface area contributed by atoms with Gasteiger partial charge in [0.25, 0.3) is 0 Å². The van der Waals surface area contributed by atoms with Crippen LogP contribution in [0.2, 0.25) is 0 Å². The third-order valence-electron chi connectivity index (χ3n) is 4.43. The molecule has 0 amide bonds. The number of hydrogen-bond acceptors (Lipinski definition) is 3. The molecule has 1 aromatic rings. The lowest BCUT2D eigenvalue weighted by molar-refractivity contribution is -0.143. The van der Waals surface area contributed by atoms with Gasteiger partial charge in [0.1, 0.15) is 12.4 Å². The Morgan fingerprint density at radius 2 is 2.07 bits per heavy atom. The molecule has 0 aromatic heterocycles. The van der Waals surface area contributed by atoms with Crippen molar-refractivity contribution in [3.63, 3.8) is 0 Å². The first-order valence-electron chi connectivity index (χ1n) is 9.26. The Hall–Kier alpha value is -1.96. The normalized spacial score (nSPS) is 18.8. The summed E-state index contributed by atoms with van der Waals surface area (Å²) in [7, 11) is 1.65. The van der Waals surface area contributed by atoms with E-state index >= 15 is 0 Å². The first kappa shape index (κ1) is 21.3. The number of benzene rings is 1. The molecule has 5 nitrogen and oxygen atoms in total. The quantitative estimate of drug-likeness (QED) is 0.430. The van der Waals surface area contributed by atoms with Crippen LogP contribution in [-0.2, 0) is 0 Å². The molecule has 1 fully saturated rings.